The van der Waals surface area contributed by atoms with Crippen LogP contribution < -0.4 is 10.9 Å². The van der Waals surface area contributed by atoms with Crippen LogP contribution in [0.3, 0.4) is 0 Å². The standard InChI is InChI=1S/C13H17N3/c1-3-12-9(2)15-16-13(12)11-6-4-10(8-14)5-7-11/h4-7,9,12-13,15-16H,3H2,1-2H3. The smallest absolute Gasteiger partial charge is 0.0991 e. The summed E-state index contributed by atoms with van der Waals surface area (Å²) in [6, 6.07) is 10.8. The van der Waals surface area contributed by atoms with Crippen molar-refractivity contribution < 1.29 is 0 Å². The second-order valence-corrected chi connectivity index (χ2v) is 4.36. The molecule has 1 aliphatic rings. The third-order valence-corrected chi connectivity index (χ3v) is 3.41. The Balaban J connectivity index is 2.21. The number of nitriles is 1. The van der Waals surface area contributed by atoms with Crippen molar-refractivity contribution in [2.75, 3.05) is 0 Å². The fourth-order valence-corrected chi connectivity index (χ4v) is 2.41. The van der Waals surface area contributed by atoms with Gasteiger partial charge in [-0.15, -0.1) is 0 Å². The maximum atomic E-state index is 8.76. The van der Waals surface area contributed by atoms with Gasteiger partial charge >= 0.3 is 0 Å². The van der Waals surface area contributed by atoms with E-state index in [1.54, 1.807) is 0 Å². The lowest BCUT2D eigenvalue weighted by Gasteiger charge is -2.19. The number of rotatable bonds is 2. The minimum Gasteiger partial charge on any atom is -0.254 e. The lowest BCUT2D eigenvalue weighted by molar-refractivity contribution is 0.421. The molecule has 2 rings (SSSR count). The van der Waals surface area contributed by atoms with Gasteiger partial charge < -0.3 is 0 Å². The van der Waals surface area contributed by atoms with Gasteiger partial charge in [0.15, 0.2) is 0 Å². The van der Waals surface area contributed by atoms with E-state index in [4.69, 9.17) is 5.26 Å². The highest BCUT2D eigenvalue weighted by atomic mass is 15.4. The zero-order chi connectivity index (χ0) is 11.5. The molecule has 0 bridgehead atoms. The molecule has 3 heteroatoms. The Morgan fingerprint density at radius 2 is 1.94 bits per heavy atom. The second kappa shape index (κ2) is 4.65. The molecule has 0 aliphatic carbocycles. The first-order valence-electron chi connectivity index (χ1n) is 5.77. The van der Waals surface area contributed by atoms with E-state index in [9.17, 15) is 0 Å². The minimum atomic E-state index is 0.354. The summed E-state index contributed by atoms with van der Waals surface area (Å²) in [6.07, 6.45) is 1.14. The van der Waals surface area contributed by atoms with Crippen LogP contribution in [0.15, 0.2) is 24.3 Å². The van der Waals surface area contributed by atoms with Gasteiger partial charge in [0.25, 0.3) is 0 Å². The van der Waals surface area contributed by atoms with E-state index in [1.807, 2.05) is 24.3 Å². The van der Waals surface area contributed by atoms with Gasteiger partial charge in [0.05, 0.1) is 17.7 Å². The predicted octanol–water partition coefficient (Wildman–Crippen LogP) is 2.12. The Hall–Kier alpha value is -1.37. The second-order valence-electron chi connectivity index (χ2n) is 4.36. The van der Waals surface area contributed by atoms with E-state index >= 15 is 0 Å². The molecule has 0 saturated carbocycles. The maximum absolute atomic E-state index is 8.76. The first kappa shape index (κ1) is 11.1. The highest BCUT2D eigenvalue weighted by Crippen LogP contribution is 2.30. The molecule has 3 atom stereocenters. The molecule has 0 aromatic heterocycles. The van der Waals surface area contributed by atoms with Crippen LogP contribution in [0.2, 0.25) is 0 Å². The largest absolute Gasteiger partial charge is 0.254 e. The number of hydrazine groups is 1. The Labute approximate surface area is 96.4 Å². The van der Waals surface area contributed by atoms with E-state index in [1.165, 1.54) is 5.56 Å². The van der Waals surface area contributed by atoms with Crippen molar-refractivity contribution in [1.29, 1.82) is 5.26 Å². The number of nitrogens with zero attached hydrogens (tertiary/aromatic N) is 1. The first-order chi connectivity index (χ1) is 7.76. The topological polar surface area (TPSA) is 47.8 Å². The monoisotopic (exact) mass is 215 g/mol. The average molecular weight is 215 g/mol. The van der Waals surface area contributed by atoms with E-state index in [0.29, 0.717) is 18.0 Å². The van der Waals surface area contributed by atoms with Gasteiger partial charge in [-0.05, 0) is 37.0 Å². The van der Waals surface area contributed by atoms with Crippen molar-refractivity contribution in [1.82, 2.24) is 10.9 Å². The molecule has 1 aliphatic heterocycles. The van der Waals surface area contributed by atoms with Gasteiger partial charge in [-0.2, -0.15) is 5.26 Å². The summed E-state index contributed by atoms with van der Waals surface area (Å²) in [5.74, 6) is 0.605. The van der Waals surface area contributed by atoms with Crippen molar-refractivity contribution in [3.8, 4) is 6.07 Å². The Bertz CT molecular complexity index is 391. The molecule has 1 fully saturated rings. The number of benzene rings is 1. The van der Waals surface area contributed by atoms with Crippen LogP contribution in [0.1, 0.15) is 37.4 Å². The normalized spacial score (nSPS) is 28.9. The van der Waals surface area contributed by atoms with E-state index in [-0.39, 0.29) is 0 Å². The molecule has 1 aromatic rings. The SMILES string of the molecule is CCC1C(C)NNC1c1ccc(C#N)cc1. The van der Waals surface area contributed by atoms with Crippen LogP contribution in [0.5, 0.6) is 0 Å². The molecular weight excluding hydrogens is 198 g/mol. The van der Waals surface area contributed by atoms with Crippen LogP contribution in [0, 0.1) is 17.2 Å². The average Bonchev–Trinajstić information content (AvgIpc) is 2.70. The molecule has 3 nitrogen and oxygen atoms in total. The first-order valence-corrected chi connectivity index (χ1v) is 5.77. The molecular formula is C13H17N3. The highest BCUT2D eigenvalue weighted by molar-refractivity contribution is 5.33. The maximum Gasteiger partial charge on any atom is 0.0991 e. The molecule has 3 unspecified atom stereocenters. The summed E-state index contributed by atoms with van der Waals surface area (Å²) in [5.41, 5.74) is 8.58. The number of hydrogen-bond donors (Lipinski definition) is 2. The molecule has 0 radical (unpaired) electrons. The van der Waals surface area contributed by atoms with Crippen molar-refractivity contribution in [3.63, 3.8) is 0 Å². The van der Waals surface area contributed by atoms with E-state index < -0.39 is 0 Å². The van der Waals surface area contributed by atoms with Gasteiger partial charge in [-0.25, -0.2) is 5.43 Å². The molecule has 84 valence electrons. The van der Waals surface area contributed by atoms with Crippen molar-refractivity contribution in [3.05, 3.63) is 35.4 Å². The molecule has 0 spiro atoms. The van der Waals surface area contributed by atoms with Gasteiger partial charge in [-0.1, -0.05) is 19.1 Å². The van der Waals surface area contributed by atoms with Crippen LogP contribution >= 0.6 is 0 Å². The molecule has 1 aromatic carbocycles. The third kappa shape index (κ3) is 1.95. The van der Waals surface area contributed by atoms with Crippen LogP contribution in [0.25, 0.3) is 0 Å². The Morgan fingerprint density at radius 1 is 1.25 bits per heavy atom. The zero-order valence-corrected chi connectivity index (χ0v) is 9.70. The van der Waals surface area contributed by atoms with Gasteiger partial charge in [0, 0.05) is 6.04 Å². The lowest BCUT2D eigenvalue weighted by Crippen LogP contribution is -2.29. The minimum absolute atomic E-state index is 0.354. The Kier molecular flexibility index (Phi) is 3.23. The zero-order valence-electron chi connectivity index (χ0n) is 9.70. The Morgan fingerprint density at radius 3 is 2.50 bits per heavy atom. The van der Waals surface area contributed by atoms with Crippen LogP contribution in [0.4, 0.5) is 0 Å². The molecule has 16 heavy (non-hydrogen) atoms. The fraction of sp³-hybridized carbons (Fsp3) is 0.462. The van der Waals surface area contributed by atoms with E-state index in [2.05, 4.69) is 30.8 Å². The summed E-state index contributed by atoms with van der Waals surface area (Å²) < 4.78 is 0. The van der Waals surface area contributed by atoms with Crippen molar-refractivity contribution in [2.45, 2.75) is 32.4 Å². The fourth-order valence-electron chi connectivity index (χ4n) is 2.41. The number of hydrogen-bond acceptors (Lipinski definition) is 3. The molecule has 0 amide bonds. The van der Waals surface area contributed by atoms with Crippen molar-refractivity contribution in [2.24, 2.45) is 5.92 Å². The summed E-state index contributed by atoms with van der Waals surface area (Å²) in [5, 5.41) is 8.76. The van der Waals surface area contributed by atoms with Crippen LogP contribution in [-0.2, 0) is 0 Å². The van der Waals surface area contributed by atoms with Gasteiger partial charge in [0.1, 0.15) is 0 Å². The summed E-state index contributed by atoms with van der Waals surface area (Å²) >= 11 is 0. The lowest BCUT2D eigenvalue weighted by atomic mass is 9.88. The number of nitrogens with one attached hydrogen (secondary N) is 2. The van der Waals surface area contributed by atoms with Gasteiger partial charge in [-0.3, -0.25) is 5.43 Å². The third-order valence-electron chi connectivity index (χ3n) is 3.41. The van der Waals surface area contributed by atoms with Gasteiger partial charge in [0.2, 0.25) is 0 Å². The van der Waals surface area contributed by atoms with Crippen LogP contribution in [-0.4, -0.2) is 6.04 Å². The molecule has 1 saturated heterocycles. The summed E-state index contributed by atoms with van der Waals surface area (Å²) in [6.45, 7) is 4.41. The quantitative estimate of drug-likeness (QED) is 0.794. The van der Waals surface area contributed by atoms with E-state index in [0.717, 1.165) is 12.0 Å². The molecule has 2 N–H and O–H groups in total. The predicted molar refractivity (Wildman–Crippen MR) is 63.4 cm³/mol. The summed E-state index contributed by atoms with van der Waals surface area (Å²) in [7, 11) is 0. The van der Waals surface area contributed by atoms with Crippen molar-refractivity contribution >= 4 is 0 Å². The highest BCUT2D eigenvalue weighted by Gasteiger charge is 2.32. The molecule has 1 heterocycles. The summed E-state index contributed by atoms with van der Waals surface area (Å²) in [4.78, 5) is 0.